The fourth-order valence-electron chi connectivity index (χ4n) is 2.22. The molecule has 1 aromatic rings. The number of rotatable bonds is 4. The molecule has 2 rings (SSSR count). The Morgan fingerprint density at radius 1 is 1.24 bits per heavy atom. The maximum Gasteiger partial charge on any atom is 0.275 e. The molecule has 1 amide bonds. The number of nitrogens with zero attached hydrogens (tertiary/aromatic N) is 4. The van der Waals surface area contributed by atoms with Gasteiger partial charge >= 0.3 is 0 Å². The van der Waals surface area contributed by atoms with Crippen molar-refractivity contribution in [2.45, 2.75) is 34.2 Å². The van der Waals surface area contributed by atoms with E-state index in [9.17, 15) is 9.90 Å². The molecule has 0 aromatic carbocycles. The lowest BCUT2D eigenvalue weighted by Gasteiger charge is -2.06. The van der Waals surface area contributed by atoms with Crippen LogP contribution in [0.15, 0.2) is 22.8 Å². The number of aromatic nitrogens is 2. The van der Waals surface area contributed by atoms with Crippen LogP contribution < -0.4 is 0 Å². The number of hydrogen-bond acceptors (Lipinski definition) is 4. The minimum atomic E-state index is -0.0927. The van der Waals surface area contributed by atoms with E-state index < -0.39 is 0 Å². The highest BCUT2D eigenvalue weighted by Gasteiger charge is 2.25. The van der Waals surface area contributed by atoms with Crippen molar-refractivity contribution in [3.63, 3.8) is 0 Å². The van der Waals surface area contributed by atoms with Crippen molar-refractivity contribution in [3.8, 4) is 5.88 Å². The van der Waals surface area contributed by atoms with Gasteiger partial charge in [-0.15, -0.1) is 0 Å². The maximum absolute atomic E-state index is 12.0. The lowest BCUT2D eigenvalue weighted by Crippen LogP contribution is -2.21. The topological polar surface area (TPSA) is 70.7 Å². The van der Waals surface area contributed by atoms with Crippen LogP contribution in [0.25, 0.3) is 6.08 Å². The highest BCUT2D eigenvalue weighted by atomic mass is 16.3. The van der Waals surface area contributed by atoms with Gasteiger partial charge in [-0.1, -0.05) is 6.08 Å². The second kappa shape index (κ2) is 5.95. The molecule has 0 saturated carbocycles. The number of aryl methyl sites for hydroxylation is 2. The average Bonchev–Trinajstić information content (AvgIpc) is 2.89. The fourth-order valence-corrected chi connectivity index (χ4v) is 2.22. The van der Waals surface area contributed by atoms with Crippen LogP contribution >= 0.6 is 0 Å². The van der Waals surface area contributed by atoms with Gasteiger partial charge in [-0.25, -0.2) is 9.69 Å². The zero-order chi connectivity index (χ0) is 15.6. The summed E-state index contributed by atoms with van der Waals surface area (Å²) in [6.45, 7) is 8.61. The Balaban J connectivity index is 2.24. The Labute approximate surface area is 124 Å². The van der Waals surface area contributed by atoms with E-state index in [2.05, 4.69) is 10.2 Å². The van der Waals surface area contributed by atoms with E-state index in [0.29, 0.717) is 29.9 Å². The molecule has 1 aromatic heterocycles. The Morgan fingerprint density at radius 2 is 1.95 bits per heavy atom. The molecule has 0 atom stereocenters. The number of allylic oxidation sites excluding steroid dienone is 2. The lowest BCUT2D eigenvalue weighted by molar-refractivity contribution is -0.125. The van der Waals surface area contributed by atoms with Crippen molar-refractivity contribution < 1.29 is 9.90 Å². The smallest absolute Gasteiger partial charge is 0.275 e. The standard InChI is InChI=1S/C15H20N4O2/c1-5-18-14(20)12(10(3)16-18)8-7-9-13-11(4)17-19(6-2)15(13)21/h7-9,20H,5-6H2,1-4H3/b8-7-,13-9+. The average molecular weight is 288 g/mol. The van der Waals surface area contributed by atoms with Gasteiger partial charge in [0.1, 0.15) is 0 Å². The van der Waals surface area contributed by atoms with E-state index in [0.717, 1.165) is 5.69 Å². The molecule has 0 radical (unpaired) electrons. The molecule has 2 heterocycles. The van der Waals surface area contributed by atoms with Crippen LogP contribution in [-0.2, 0) is 11.3 Å². The Kier molecular flexibility index (Phi) is 4.26. The number of hydrazone groups is 1. The zero-order valence-corrected chi connectivity index (χ0v) is 12.8. The molecule has 1 N–H and O–H groups in total. The molecule has 0 bridgehead atoms. The van der Waals surface area contributed by atoms with Gasteiger partial charge in [-0.2, -0.15) is 10.2 Å². The van der Waals surface area contributed by atoms with Crippen LogP contribution in [-0.4, -0.2) is 38.1 Å². The first-order chi connectivity index (χ1) is 9.99. The number of carbonyl (C=O) groups is 1. The number of likely N-dealkylation sites (N-methyl/N-ethyl adjacent to an activating group) is 1. The summed E-state index contributed by atoms with van der Waals surface area (Å²) in [6, 6.07) is 0. The monoisotopic (exact) mass is 288 g/mol. The third kappa shape index (κ3) is 2.74. The molecular formula is C15H20N4O2. The first kappa shape index (κ1) is 15.0. The van der Waals surface area contributed by atoms with Crippen molar-refractivity contribution in [2.24, 2.45) is 5.10 Å². The lowest BCUT2D eigenvalue weighted by atomic mass is 10.1. The summed E-state index contributed by atoms with van der Waals surface area (Å²) in [4.78, 5) is 12.0. The molecule has 0 unspecified atom stereocenters. The molecule has 21 heavy (non-hydrogen) atoms. The van der Waals surface area contributed by atoms with Gasteiger partial charge in [0.25, 0.3) is 5.91 Å². The molecule has 0 saturated heterocycles. The normalized spacial score (nSPS) is 17.3. The number of amides is 1. The quantitative estimate of drug-likeness (QED) is 0.862. The minimum Gasteiger partial charge on any atom is -0.493 e. The largest absolute Gasteiger partial charge is 0.493 e. The Morgan fingerprint density at radius 3 is 2.48 bits per heavy atom. The van der Waals surface area contributed by atoms with Crippen LogP contribution in [0.2, 0.25) is 0 Å². The predicted molar refractivity (Wildman–Crippen MR) is 81.9 cm³/mol. The van der Waals surface area contributed by atoms with Crippen LogP contribution in [0.4, 0.5) is 0 Å². The van der Waals surface area contributed by atoms with Gasteiger partial charge in [-0.05, 0) is 39.8 Å². The molecule has 1 aliphatic rings. The summed E-state index contributed by atoms with van der Waals surface area (Å²) in [5.74, 6) is 0.0489. The molecular weight excluding hydrogens is 268 g/mol. The van der Waals surface area contributed by atoms with E-state index >= 15 is 0 Å². The highest BCUT2D eigenvalue weighted by Crippen LogP contribution is 2.22. The van der Waals surface area contributed by atoms with Crippen LogP contribution in [0, 0.1) is 6.92 Å². The summed E-state index contributed by atoms with van der Waals surface area (Å²) < 4.78 is 1.54. The molecule has 1 aliphatic heterocycles. The van der Waals surface area contributed by atoms with Crippen molar-refractivity contribution in [2.75, 3.05) is 6.54 Å². The van der Waals surface area contributed by atoms with Gasteiger partial charge < -0.3 is 5.11 Å². The van der Waals surface area contributed by atoms with Gasteiger partial charge in [0.15, 0.2) is 0 Å². The third-order valence-corrected chi connectivity index (χ3v) is 3.40. The van der Waals surface area contributed by atoms with Crippen molar-refractivity contribution >= 4 is 17.7 Å². The molecule has 6 heteroatoms. The number of aromatic hydroxyl groups is 1. The summed E-state index contributed by atoms with van der Waals surface area (Å²) in [6.07, 6.45) is 5.22. The van der Waals surface area contributed by atoms with Gasteiger partial charge in [0.2, 0.25) is 5.88 Å². The number of hydrogen-bond donors (Lipinski definition) is 1. The Bertz CT molecular complexity index is 653. The summed E-state index contributed by atoms with van der Waals surface area (Å²) in [5, 5.41) is 19.9. The van der Waals surface area contributed by atoms with E-state index in [1.54, 1.807) is 18.2 Å². The predicted octanol–water partition coefficient (Wildman–Crippen LogP) is 2.09. The van der Waals surface area contributed by atoms with E-state index in [4.69, 9.17) is 0 Å². The third-order valence-electron chi connectivity index (χ3n) is 3.40. The van der Waals surface area contributed by atoms with E-state index in [1.165, 1.54) is 9.69 Å². The summed E-state index contributed by atoms with van der Waals surface area (Å²) >= 11 is 0. The Hall–Kier alpha value is -2.37. The van der Waals surface area contributed by atoms with Crippen molar-refractivity contribution in [1.82, 2.24) is 14.8 Å². The van der Waals surface area contributed by atoms with Crippen molar-refractivity contribution in [1.29, 1.82) is 0 Å². The molecule has 0 fully saturated rings. The SMILES string of the molecule is CCN1N=C(C)/C(=C\C=C/c2c(C)nn(CC)c2O)C1=O. The zero-order valence-electron chi connectivity index (χ0n) is 12.8. The first-order valence-electron chi connectivity index (χ1n) is 7.01. The molecule has 112 valence electrons. The molecule has 6 nitrogen and oxygen atoms in total. The molecule has 0 aliphatic carbocycles. The van der Waals surface area contributed by atoms with Crippen molar-refractivity contribution in [3.05, 3.63) is 29.0 Å². The first-order valence-corrected chi connectivity index (χ1v) is 7.01. The van der Waals surface area contributed by atoms with Gasteiger partial charge in [0.05, 0.1) is 22.5 Å². The van der Waals surface area contributed by atoms with Crippen LogP contribution in [0.5, 0.6) is 5.88 Å². The summed E-state index contributed by atoms with van der Waals surface area (Å²) in [7, 11) is 0. The maximum atomic E-state index is 12.0. The van der Waals surface area contributed by atoms with Gasteiger partial charge in [0, 0.05) is 13.1 Å². The molecule has 0 spiro atoms. The van der Waals surface area contributed by atoms with Crippen LogP contribution in [0.3, 0.4) is 0 Å². The number of carbonyl (C=O) groups excluding carboxylic acids is 1. The summed E-state index contributed by atoms with van der Waals surface area (Å²) in [5.41, 5.74) is 2.70. The van der Waals surface area contributed by atoms with Crippen LogP contribution in [0.1, 0.15) is 32.0 Å². The fraction of sp³-hybridized carbons (Fsp3) is 0.400. The van der Waals surface area contributed by atoms with Gasteiger partial charge in [-0.3, -0.25) is 4.79 Å². The minimum absolute atomic E-state index is 0.0927. The van der Waals surface area contributed by atoms with E-state index in [1.807, 2.05) is 27.7 Å². The second-order valence-electron chi connectivity index (χ2n) is 4.78. The second-order valence-corrected chi connectivity index (χ2v) is 4.78. The highest BCUT2D eigenvalue weighted by molar-refractivity contribution is 6.24. The van der Waals surface area contributed by atoms with E-state index in [-0.39, 0.29) is 11.8 Å².